The van der Waals surface area contributed by atoms with Gasteiger partial charge >= 0.3 is 0 Å². The van der Waals surface area contributed by atoms with Crippen molar-refractivity contribution >= 4 is 38.4 Å². The number of benzene rings is 1. The van der Waals surface area contributed by atoms with E-state index in [1.165, 1.54) is 18.0 Å². The Labute approximate surface area is 162 Å². The van der Waals surface area contributed by atoms with Crippen LogP contribution < -0.4 is 5.32 Å². The van der Waals surface area contributed by atoms with Gasteiger partial charge in [-0.15, -0.1) is 6.58 Å². The van der Waals surface area contributed by atoms with Crippen LogP contribution in [0.3, 0.4) is 0 Å². The van der Waals surface area contributed by atoms with Crippen molar-refractivity contribution in [3.63, 3.8) is 0 Å². The fourth-order valence-electron chi connectivity index (χ4n) is 2.98. The average molecular weight is 403 g/mol. The molecule has 2 saturated heterocycles. The highest BCUT2D eigenvalue weighted by Gasteiger charge is 2.48. The van der Waals surface area contributed by atoms with E-state index in [9.17, 15) is 18.5 Å². The lowest BCUT2D eigenvalue weighted by molar-refractivity contribution is -0.112. The lowest BCUT2D eigenvalue weighted by Gasteiger charge is -2.22. The second kappa shape index (κ2) is 7.98. The number of sulfone groups is 1. The average Bonchev–Trinajstić information content (AvgIpc) is 3.09. The number of amidine groups is 1. The predicted molar refractivity (Wildman–Crippen MR) is 107 cm³/mol. The Balaban J connectivity index is 1.78. The van der Waals surface area contributed by atoms with E-state index in [-0.39, 0.29) is 28.4 Å². The minimum atomic E-state index is -3.05. The topological polar surface area (TPSA) is 103 Å². The van der Waals surface area contributed by atoms with E-state index in [0.29, 0.717) is 17.4 Å². The molecule has 2 atom stereocenters. The number of nitriles is 1. The van der Waals surface area contributed by atoms with Crippen LogP contribution in [0.5, 0.6) is 0 Å². The maximum atomic E-state index is 12.2. The van der Waals surface area contributed by atoms with E-state index in [1.54, 1.807) is 30.3 Å². The van der Waals surface area contributed by atoms with Gasteiger partial charge in [-0.3, -0.25) is 4.79 Å². The van der Waals surface area contributed by atoms with Crippen molar-refractivity contribution in [2.75, 3.05) is 23.4 Å². The first-order valence-corrected chi connectivity index (χ1v) is 10.9. The molecule has 2 aliphatic rings. The largest absolute Gasteiger partial charge is 0.342 e. The van der Waals surface area contributed by atoms with Crippen LogP contribution in [0, 0.1) is 11.3 Å². The quantitative estimate of drug-likeness (QED) is 0.458. The van der Waals surface area contributed by atoms with Crippen molar-refractivity contribution in [1.29, 1.82) is 5.26 Å². The van der Waals surface area contributed by atoms with Gasteiger partial charge in [-0.2, -0.15) is 5.26 Å². The van der Waals surface area contributed by atoms with E-state index in [4.69, 9.17) is 0 Å². The summed E-state index contributed by atoms with van der Waals surface area (Å²) in [6, 6.07) is 10.5. The maximum Gasteiger partial charge on any atom is 0.267 e. The van der Waals surface area contributed by atoms with Gasteiger partial charge in [0.25, 0.3) is 5.91 Å². The Hall–Kier alpha value is -2.57. The molecule has 2 heterocycles. The molecule has 0 aliphatic carbocycles. The Morgan fingerprint density at radius 3 is 2.81 bits per heavy atom. The van der Waals surface area contributed by atoms with Crippen LogP contribution in [-0.2, 0) is 14.6 Å². The number of hydrogen-bond acceptors (Lipinski definition) is 6. The molecule has 1 aromatic carbocycles. The van der Waals surface area contributed by atoms with Gasteiger partial charge in [0, 0.05) is 17.5 Å². The van der Waals surface area contributed by atoms with Crippen LogP contribution in [-0.4, -0.2) is 53.7 Å². The summed E-state index contributed by atoms with van der Waals surface area (Å²) in [7, 11) is -3.05. The summed E-state index contributed by atoms with van der Waals surface area (Å²) >= 11 is 1.36. The standard InChI is InChI=1S/C18H18N4O3S2/c1-2-8-22-15-11-27(24,25)12-16(15)26-18(22)20-10-13(9-19)17(23)21-14-6-4-3-5-7-14/h2-7,10,15-16H,1,8,11-12H2,(H,21,23)/b13-10+,20-18?/t15-,16-/m1/s1. The fraction of sp³-hybridized carbons (Fsp3) is 0.278. The zero-order chi connectivity index (χ0) is 19.4. The fourth-order valence-corrected chi connectivity index (χ4v) is 6.92. The molecule has 0 radical (unpaired) electrons. The lowest BCUT2D eigenvalue weighted by atomic mass is 10.2. The molecule has 27 heavy (non-hydrogen) atoms. The number of hydrogen-bond donors (Lipinski definition) is 1. The normalized spacial score (nSPS) is 25.1. The number of carbonyl (C=O) groups excluding carboxylic acids is 1. The Kier molecular flexibility index (Phi) is 5.68. The van der Waals surface area contributed by atoms with Gasteiger partial charge in [-0.25, -0.2) is 13.4 Å². The molecule has 3 rings (SSSR count). The van der Waals surface area contributed by atoms with Gasteiger partial charge in [0.15, 0.2) is 15.0 Å². The first-order valence-electron chi connectivity index (χ1n) is 8.22. The first-order chi connectivity index (χ1) is 12.9. The lowest BCUT2D eigenvalue weighted by Crippen LogP contribution is -2.37. The number of aliphatic imine (C=N–C) groups is 1. The van der Waals surface area contributed by atoms with Crippen LogP contribution in [0.2, 0.25) is 0 Å². The number of rotatable bonds is 5. The number of fused-ring (bicyclic) bond motifs is 1. The van der Waals surface area contributed by atoms with Gasteiger partial charge in [0.1, 0.15) is 11.6 Å². The summed E-state index contributed by atoms with van der Waals surface area (Å²) in [5, 5.41) is 12.4. The van der Waals surface area contributed by atoms with Gasteiger partial charge in [-0.1, -0.05) is 36.0 Å². The third-order valence-electron chi connectivity index (χ3n) is 4.20. The molecular weight excluding hydrogens is 384 g/mol. The van der Waals surface area contributed by atoms with E-state index in [2.05, 4.69) is 16.9 Å². The molecule has 7 nitrogen and oxygen atoms in total. The zero-order valence-electron chi connectivity index (χ0n) is 14.4. The Bertz CT molecular complexity index is 949. The van der Waals surface area contributed by atoms with E-state index >= 15 is 0 Å². The number of nitrogens with one attached hydrogen (secondary N) is 1. The molecular formula is C18H18N4O3S2. The molecule has 0 saturated carbocycles. The van der Waals surface area contributed by atoms with Gasteiger partial charge in [-0.05, 0) is 12.1 Å². The Morgan fingerprint density at radius 2 is 2.15 bits per heavy atom. The second-order valence-corrected chi connectivity index (χ2v) is 9.49. The highest BCUT2D eigenvalue weighted by atomic mass is 32.2. The number of anilines is 1. The highest BCUT2D eigenvalue weighted by molar-refractivity contribution is 8.15. The van der Waals surface area contributed by atoms with Gasteiger partial charge in [0.05, 0.1) is 23.7 Å². The van der Waals surface area contributed by atoms with Crippen molar-refractivity contribution < 1.29 is 13.2 Å². The van der Waals surface area contributed by atoms with Crippen molar-refractivity contribution in [3.05, 3.63) is 54.8 Å². The van der Waals surface area contributed by atoms with Crippen molar-refractivity contribution in [1.82, 2.24) is 4.90 Å². The maximum absolute atomic E-state index is 12.2. The summed E-state index contributed by atoms with van der Waals surface area (Å²) in [6.07, 6.45) is 2.91. The number of para-hydroxylation sites is 1. The van der Waals surface area contributed by atoms with Crippen LogP contribution in [0.4, 0.5) is 5.69 Å². The SMILES string of the molecule is C=CCN1C(=N/C=C(\C#N)C(=O)Nc2ccccc2)S[C@@H]2CS(=O)(=O)C[C@H]21. The number of amides is 1. The third kappa shape index (κ3) is 4.40. The molecule has 0 aromatic heterocycles. The van der Waals surface area contributed by atoms with Crippen LogP contribution >= 0.6 is 11.8 Å². The molecule has 9 heteroatoms. The van der Waals surface area contributed by atoms with Crippen molar-refractivity contribution in [3.8, 4) is 6.07 Å². The van der Waals surface area contributed by atoms with Crippen molar-refractivity contribution in [2.45, 2.75) is 11.3 Å². The third-order valence-corrected chi connectivity index (χ3v) is 7.46. The molecule has 0 spiro atoms. The molecule has 1 amide bonds. The second-order valence-electron chi connectivity index (χ2n) is 6.13. The van der Waals surface area contributed by atoms with E-state index < -0.39 is 15.7 Å². The summed E-state index contributed by atoms with van der Waals surface area (Å²) in [5.41, 5.74) is 0.453. The molecule has 2 fully saturated rings. The highest BCUT2D eigenvalue weighted by Crippen LogP contribution is 2.38. The monoisotopic (exact) mass is 402 g/mol. The molecule has 140 valence electrons. The number of thioether (sulfide) groups is 1. The molecule has 0 bridgehead atoms. The summed E-state index contributed by atoms with van der Waals surface area (Å²) < 4.78 is 23.7. The van der Waals surface area contributed by atoms with Crippen molar-refractivity contribution in [2.24, 2.45) is 4.99 Å². The number of carbonyl (C=O) groups is 1. The summed E-state index contributed by atoms with van der Waals surface area (Å²) in [4.78, 5) is 18.4. The van der Waals surface area contributed by atoms with E-state index in [1.807, 2.05) is 17.0 Å². The van der Waals surface area contributed by atoms with Crippen LogP contribution in [0.1, 0.15) is 0 Å². The van der Waals surface area contributed by atoms with E-state index in [0.717, 1.165) is 0 Å². The zero-order valence-corrected chi connectivity index (χ0v) is 16.0. The molecule has 0 unspecified atom stereocenters. The summed E-state index contributed by atoms with van der Waals surface area (Å²) in [6.45, 7) is 4.16. The van der Waals surface area contributed by atoms with Gasteiger partial charge < -0.3 is 10.2 Å². The smallest absolute Gasteiger partial charge is 0.267 e. The number of nitrogens with zero attached hydrogens (tertiary/aromatic N) is 3. The Morgan fingerprint density at radius 1 is 1.41 bits per heavy atom. The predicted octanol–water partition coefficient (Wildman–Crippen LogP) is 1.79. The summed E-state index contributed by atoms with van der Waals surface area (Å²) in [5.74, 6) is -0.354. The first kappa shape index (κ1) is 19.2. The van der Waals surface area contributed by atoms with Gasteiger partial charge in [0.2, 0.25) is 0 Å². The molecule has 1 N–H and O–H groups in total. The van der Waals surface area contributed by atoms with Crippen LogP contribution in [0.25, 0.3) is 0 Å². The molecule has 1 aromatic rings. The van der Waals surface area contributed by atoms with Crippen LogP contribution in [0.15, 0.2) is 59.8 Å². The minimum Gasteiger partial charge on any atom is -0.342 e. The molecule has 2 aliphatic heterocycles. The minimum absolute atomic E-state index is 0.0842.